The number of hydrogen-bond donors (Lipinski definition) is 2. The van der Waals surface area contributed by atoms with Gasteiger partial charge in [-0.2, -0.15) is 0 Å². The van der Waals surface area contributed by atoms with Gasteiger partial charge in [-0.15, -0.1) is 0 Å². The smallest absolute Gasteiger partial charge is 0.130 e. The van der Waals surface area contributed by atoms with Crippen LogP contribution in [0.3, 0.4) is 0 Å². The zero-order chi connectivity index (χ0) is 13.0. The van der Waals surface area contributed by atoms with E-state index in [0.29, 0.717) is 18.6 Å². The van der Waals surface area contributed by atoms with Crippen LogP contribution in [0.1, 0.15) is 44.1 Å². The van der Waals surface area contributed by atoms with Gasteiger partial charge in [0, 0.05) is 24.4 Å². The summed E-state index contributed by atoms with van der Waals surface area (Å²) in [6, 6.07) is 2.54. The van der Waals surface area contributed by atoms with Crippen LogP contribution in [0, 0.1) is 12.8 Å². The number of nitrogens with zero attached hydrogens (tertiary/aromatic N) is 2. The second kappa shape index (κ2) is 6.14. The first kappa shape index (κ1) is 13.3. The van der Waals surface area contributed by atoms with E-state index in [9.17, 15) is 0 Å². The summed E-state index contributed by atoms with van der Waals surface area (Å²) < 4.78 is 0. The second-order valence-electron chi connectivity index (χ2n) is 5.19. The summed E-state index contributed by atoms with van der Waals surface area (Å²) in [5, 5.41) is 12.6. The lowest BCUT2D eigenvalue weighted by Crippen LogP contribution is -2.27. The highest BCUT2D eigenvalue weighted by Crippen LogP contribution is 2.25. The molecule has 100 valence electrons. The fourth-order valence-electron chi connectivity index (χ4n) is 2.58. The molecule has 1 aromatic rings. The van der Waals surface area contributed by atoms with Crippen LogP contribution in [0.25, 0.3) is 0 Å². The molecule has 0 atom stereocenters. The van der Waals surface area contributed by atoms with Crippen LogP contribution in [0.15, 0.2) is 6.07 Å². The van der Waals surface area contributed by atoms with Crippen LogP contribution in [0.5, 0.6) is 0 Å². The van der Waals surface area contributed by atoms with Gasteiger partial charge in [-0.3, -0.25) is 0 Å². The summed E-state index contributed by atoms with van der Waals surface area (Å²) in [4.78, 5) is 8.83. The lowest BCUT2D eigenvalue weighted by atomic mass is 9.86. The normalized spacial score (nSPS) is 23.9. The molecule has 2 rings (SSSR count). The maximum absolute atomic E-state index is 9.13. The van der Waals surface area contributed by atoms with Crippen LogP contribution >= 0.6 is 0 Å². The van der Waals surface area contributed by atoms with Gasteiger partial charge in [-0.1, -0.05) is 6.92 Å². The Hall–Kier alpha value is -1.16. The second-order valence-corrected chi connectivity index (χ2v) is 5.19. The minimum absolute atomic E-state index is 0.333. The predicted octanol–water partition coefficient (Wildman–Crippen LogP) is 2.31. The number of aliphatic hydroxyl groups is 1. The molecule has 0 bridgehead atoms. The maximum atomic E-state index is 9.13. The van der Waals surface area contributed by atoms with Crippen LogP contribution in [-0.4, -0.2) is 27.7 Å². The number of aromatic nitrogens is 2. The Morgan fingerprint density at radius 1 is 1.28 bits per heavy atom. The molecule has 1 aliphatic carbocycles. The molecule has 1 saturated carbocycles. The van der Waals surface area contributed by atoms with Gasteiger partial charge in [-0.05, 0) is 44.9 Å². The van der Waals surface area contributed by atoms with Crippen molar-refractivity contribution < 1.29 is 5.11 Å². The average Bonchev–Trinajstić information content (AvgIpc) is 2.39. The fourth-order valence-corrected chi connectivity index (χ4v) is 2.58. The van der Waals surface area contributed by atoms with Gasteiger partial charge < -0.3 is 10.4 Å². The molecule has 1 aliphatic rings. The SMILES string of the molecule is CCc1cc(NC2CCC(CO)CC2)nc(C)n1. The number of aliphatic hydroxyl groups excluding tert-OH is 1. The number of anilines is 1. The van der Waals surface area contributed by atoms with E-state index in [1.807, 2.05) is 13.0 Å². The van der Waals surface area contributed by atoms with E-state index in [4.69, 9.17) is 5.11 Å². The minimum atomic E-state index is 0.333. The van der Waals surface area contributed by atoms with Gasteiger partial charge >= 0.3 is 0 Å². The van der Waals surface area contributed by atoms with Crippen molar-refractivity contribution in [2.24, 2.45) is 5.92 Å². The van der Waals surface area contributed by atoms with Crippen molar-refractivity contribution in [1.29, 1.82) is 0 Å². The van der Waals surface area contributed by atoms with Gasteiger partial charge in [0.25, 0.3) is 0 Å². The first-order valence-electron chi connectivity index (χ1n) is 6.93. The molecule has 18 heavy (non-hydrogen) atoms. The van der Waals surface area contributed by atoms with E-state index in [0.717, 1.165) is 49.4 Å². The molecule has 0 aromatic carbocycles. The third-order valence-corrected chi connectivity index (χ3v) is 3.71. The van der Waals surface area contributed by atoms with Crippen LogP contribution in [-0.2, 0) is 6.42 Å². The fraction of sp³-hybridized carbons (Fsp3) is 0.714. The van der Waals surface area contributed by atoms with Crippen molar-refractivity contribution in [2.45, 2.75) is 52.0 Å². The average molecular weight is 249 g/mol. The molecule has 0 amide bonds. The summed E-state index contributed by atoms with van der Waals surface area (Å²) in [5.41, 5.74) is 1.09. The topological polar surface area (TPSA) is 58.0 Å². The van der Waals surface area contributed by atoms with Gasteiger partial charge in [0.2, 0.25) is 0 Å². The van der Waals surface area contributed by atoms with Crippen LogP contribution in [0.4, 0.5) is 5.82 Å². The molecule has 0 radical (unpaired) electrons. The quantitative estimate of drug-likeness (QED) is 0.859. The summed E-state index contributed by atoms with van der Waals surface area (Å²) in [5.74, 6) is 2.29. The Morgan fingerprint density at radius 3 is 2.61 bits per heavy atom. The summed E-state index contributed by atoms with van der Waals surface area (Å²) >= 11 is 0. The third kappa shape index (κ3) is 3.42. The van der Waals surface area contributed by atoms with E-state index >= 15 is 0 Å². The third-order valence-electron chi connectivity index (χ3n) is 3.71. The Kier molecular flexibility index (Phi) is 4.53. The Labute approximate surface area is 109 Å². The molecule has 4 nitrogen and oxygen atoms in total. The zero-order valence-corrected chi connectivity index (χ0v) is 11.3. The molecule has 1 aromatic heterocycles. The molecule has 1 fully saturated rings. The molecule has 1 heterocycles. The largest absolute Gasteiger partial charge is 0.396 e. The molecule has 0 unspecified atom stereocenters. The van der Waals surface area contributed by atoms with Gasteiger partial charge in [0.15, 0.2) is 0 Å². The molecular formula is C14H23N3O. The van der Waals surface area contributed by atoms with E-state index in [1.54, 1.807) is 0 Å². The number of hydrogen-bond acceptors (Lipinski definition) is 4. The van der Waals surface area contributed by atoms with Crippen molar-refractivity contribution in [3.8, 4) is 0 Å². The molecule has 2 N–H and O–H groups in total. The zero-order valence-electron chi connectivity index (χ0n) is 11.3. The molecule has 4 heteroatoms. The number of aryl methyl sites for hydroxylation is 2. The summed E-state index contributed by atoms with van der Waals surface area (Å²) in [7, 11) is 0. The van der Waals surface area contributed by atoms with Crippen LogP contribution < -0.4 is 5.32 Å². The van der Waals surface area contributed by atoms with Gasteiger partial charge in [-0.25, -0.2) is 9.97 Å². The standard InChI is InChI=1S/C14H23N3O/c1-3-12-8-14(16-10(2)15-12)17-13-6-4-11(9-18)5-7-13/h8,11,13,18H,3-7,9H2,1-2H3,(H,15,16,17). The summed E-state index contributed by atoms with van der Waals surface area (Å²) in [6.45, 7) is 4.38. The van der Waals surface area contributed by atoms with E-state index in [1.165, 1.54) is 0 Å². The highest BCUT2D eigenvalue weighted by molar-refractivity contribution is 5.37. The van der Waals surface area contributed by atoms with Crippen molar-refractivity contribution >= 4 is 5.82 Å². The minimum Gasteiger partial charge on any atom is -0.396 e. The first-order valence-corrected chi connectivity index (χ1v) is 6.93. The van der Waals surface area contributed by atoms with E-state index < -0.39 is 0 Å². The maximum Gasteiger partial charge on any atom is 0.130 e. The van der Waals surface area contributed by atoms with Crippen molar-refractivity contribution in [3.05, 3.63) is 17.6 Å². The van der Waals surface area contributed by atoms with Crippen molar-refractivity contribution in [3.63, 3.8) is 0 Å². The molecule has 0 aliphatic heterocycles. The first-order chi connectivity index (χ1) is 8.71. The monoisotopic (exact) mass is 249 g/mol. The van der Waals surface area contributed by atoms with E-state index in [-0.39, 0.29) is 0 Å². The summed E-state index contributed by atoms with van der Waals surface area (Å²) in [6.07, 6.45) is 5.40. The number of nitrogens with one attached hydrogen (secondary N) is 1. The van der Waals surface area contributed by atoms with Gasteiger partial charge in [0.1, 0.15) is 11.6 Å². The molecular weight excluding hydrogens is 226 g/mol. The highest BCUT2D eigenvalue weighted by Gasteiger charge is 2.20. The molecule has 0 saturated heterocycles. The highest BCUT2D eigenvalue weighted by atomic mass is 16.3. The van der Waals surface area contributed by atoms with Crippen molar-refractivity contribution in [2.75, 3.05) is 11.9 Å². The lowest BCUT2D eigenvalue weighted by Gasteiger charge is -2.28. The lowest BCUT2D eigenvalue weighted by molar-refractivity contribution is 0.185. The Morgan fingerprint density at radius 2 is 2.00 bits per heavy atom. The van der Waals surface area contributed by atoms with E-state index in [2.05, 4.69) is 22.2 Å². The predicted molar refractivity (Wildman–Crippen MR) is 72.6 cm³/mol. The number of rotatable bonds is 4. The Bertz CT molecular complexity index is 387. The van der Waals surface area contributed by atoms with Gasteiger partial charge in [0.05, 0.1) is 0 Å². The van der Waals surface area contributed by atoms with Crippen LogP contribution in [0.2, 0.25) is 0 Å². The molecule has 0 spiro atoms. The Balaban J connectivity index is 1.95. The van der Waals surface area contributed by atoms with Crippen molar-refractivity contribution in [1.82, 2.24) is 9.97 Å².